The average Bonchev–Trinajstić information content (AvgIpc) is 2.87. The third-order valence-corrected chi connectivity index (χ3v) is 2.97. The number of hydrogen-bond donors (Lipinski definition) is 2. The molecule has 0 aromatic heterocycles. The van der Waals surface area contributed by atoms with Crippen LogP contribution in [0.25, 0.3) is 0 Å². The molecule has 22 heavy (non-hydrogen) atoms. The second-order valence-electron chi connectivity index (χ2n) is 5.96. The maximum Gasteiger partial charge on any atom is 0.408 e. The topological polar surface area (TPSA) is 102 Å². The maximum atomic E-state index is 12.2. The van der Waals surface area contributed by atoms with Crippen molar-refractivity contribution in [1.29, 1.82) is 0 Å². The Hall–Kier alpha value is -1.79. The van der Waals surface area contributed by atoms with E-state index in [4.69, 9.17) is 10.5 Å². The lowest BCUT2D eigenvalue weighted by molar-refractivity contribution is -0.138. The van der Waals surface area contributed by atoms with Crippen molar-refractivity contribution in [2.45, 2.75) is 72.1 Å². The first kappa shape index (κ1) is 20.2. The van der Waals surface area contributed by atoms with Crippen LogP contribution in [0.4, 0.5) is 4.79 Å². The Morgan fingerprint density at radius 2 is 1.82 bits per heavy atom. The summed E-state index contributed by atoms with van der Waals surface area (Å²) in [4.78, 5) is 36.5. The number of hydrogen-bond acceptors (Lipinski definition) is 4. The number of nitrogens with zero attached hydrogens (tertiary/aromatic N) is 1. The molecular formula is C15H29N3O4. The van der Waals surface area contributed by atoms with Crippen molar-refractivity contribution in [1.82, 2.24) is 10.2 Å². The lowest BCUT2D eigenvalue weighted by Crippen LogP contribution is -2.52. The highest BCUT2D eigenvalue weighted by Gasteiger charge is 2.35. The van der Waals surface area contributed by atoms with Crippen LogP contribution < -0.4 is 11.1 Å². The van der Waals surface area contributed by atoms with Gasteiger partial charge in [-0.25, -0.2) is 4.79 Å². The van der Waals surface area contributed by atoms with E-state index in [9.17, 15) is 14.4 Å². The van der Waals surface area contributed by atoms with Crippen LogP contribution in [0.15, 0.2) is 0 Å². The predicted octanol–water partition coefficient (Wildman–Crippen LogP) is 1.40. The van der Waals surface area contributed by atoms with Crippen molar-refractivity contribution >= 4 is 17.9 Å². The summed E-state index contributed by atoms with van der Waals surface area (Å²) in [7, 11) is 0. The van der Waals surface area contributed by atoms with Crippen molar-refractivity contribution in [3.8, 4) is 0 Å². The summed E-state index contributed by atoms with van der Waals surface area (Å²) in [6.45, 7) is 11.3. The summed E-state index contributed by atoms with van der Waals surface area (Å²) in [5.41, 5.74) is 4.64. The number of ether oxygens (including phenoxy) is 1. The lowest BCUT2D eigenvalue weighted by atomic mass is 10.2. The van der Waals surface area contributed by atoms with Gasteiger partial charge in [0.1, 0.15) is 17.7 Å². The van der Waals surface area contributed by atoms with Crippen LogP contribution in [0.3, 0.4) is 0 Å². The number of nitrogens with one attached hydrogen (secondary N) is 1. The highest BCUT2D eigenvalue weighted by molar-refractivity contribution is 5.91. The van der Waals surface area contributed by atoms with E-state index in [-0.39, 0.29) is 5.91 Å². The number of likely N-dealkylation sites (tertiary alicyclic amines) is 1. The molecule has 1 aliphatic rings. The molecule has 1 aliphatic heterocycles. The molecule has 0 saturated carbocycles. The molecule has 1 rings (SSSR count). The van der Waals surface area contributed by atoms with Gasteiger partial charge in [0.25, 0.3) is 0 Å². The number of carbonyl (C=O) groups excluding carboxylic acids is 3. The standard InChI is InChI=1S/C13H23N3O4.C2H6/c1-8(15-12(19)20-13(2,3)4)11(18)16-7-5-6-9(16)10(14)17;1-2/h8-9H,5-7H2,1-4H3,(H2,14,17)(H,15,19);1-2H3/t8?,9-;/m0./s1. The normalized spacial score (nSPS) is 18.8. The predicted molar refractivity (Wildman–Crippen MR) is 84.1 cm³/mol. The Bertz CT molecular complexity index is 404. The van der Waals surface area contributed by atoms with Crippen molar-refractivity contribution in [2.75, 3.05) is 6.54 Å². The van der Waals surface area contributed by atoms with Crippen LogP contribution in [-0.4, -0.2) is 47.0 Å². The molecule has 0 aromatic carbocycles. The summed E-state index contributed by atoms with van der Waals surface area (Å²) >= 11 is 0. The van der Waals surface area contributed by atoms with Gasteiger partial charge < -0.3 is 20.7 Å². The molecule has 0 spiro atoms. The summed E-state index contributed by atoms with van der Waals surface area (Å²) in [5.74, 6) is -0.836. The van der Waals surface area contributed by atoms with Gasteiger partial charge in [0.05, 0.1) is 0 Å². The van der Waals surface area contributed by atoms with E-state index in [2.05, 4.69) is 5.32 Å². The van der Waals surface area contributed by atoms with E-state index in [1.165, 1.54) is 4.90 Å². The number of rotatable bonds is 3. The van der Waals surface area contributed by atoms with Gasteiger partial charge >= 0.3 is 6.09 Å². The lowest BCUT2D eigenvalue weighted by Gasteiger charge is -2.27. The van der Waals surface area contributed by atoms with E-state index < -0.39 is 29.7 Å². The quantitative estimate of drug-likeness (QED) is 0.822. The monoisotopic (exact) mass is 315 g/mol. The van der Waals surface area contributed by atoms with Gasteiger partial charge in [0.15, 0.2) is 0 Å². The second-order valence-corrected chi connectivity index (χ2v) is 5.96. The van der Waals surface area contributed by atoms with E-state index in [0.717, 1.165) is 6.42 Å². The van der Waals surface area contributed by atoms with Crippen LogP contribution >= 0.6 is 0 Å². The molecule has 3 amide bonds. The fraction of sp³-hybridized carbons (Fsp3) is 0.800. The molecule has 0 radical (unpaired) electrons. The van der Waals surface area contributed by atoms with Crippen molar-refractivity contribution < 1.29 is 19.1 Å². The highest BCUT2D eigenvalue weighted by atomic mass is 16.6. The smallest absolute Gasteiger partial charge is 0.408 e. The first-order chi connectivity index (χ1) is 10.1. The van der Waals surface area contributed by atoms with Crippen LogP contribution in [0.5, 0.6) is 0 Å². The Balaban J connectivity index is 0.00000211. The van der Waals surface area contributed by atoms with Gasteiger partial charge in [0, 0.05) is 6.54 Å². The fourth-order valence-corrected chi connectivity index (χ4v) is 2.12. The van der Waals surface area contributed by atoms with Gasteiger partial charge in [-0.3, -0.25) is 9.59 Å². The third-order valence-electron chi connectivity index (χ3n) is 2.97. The zero-order valence-electron chi connectivity index (χ0n) is 14.4. The Morgan fingerprint density at radius 1 is 1.27 bits per heavy atom. The van der Waals surface area contributed by atoms with Crippen LogP contribution in [0.1, 0.15) is 54.4 Å². The molecule has 3 N–H and O–H groups in total. The fourth-order valence-electron chi connectivity index (χ4n) is 2.12. The Labute approximate surface area is 132 Å². The highest BCUT2D eigenvalue weighted by Crippen LogP contribution is 2.18. The summed E-state index contributed by atoms with van der Waals surface area (Å²) in [6.07, 6.45) is 0.645. The molecule has 7 heteroatoms. The van der Waals surface area contributed by atoms with Gasteiger partial charge in [0.2, 0.25) is 11.8 Å². The summed E-state index contributed by atoms with van der Waals surface area (Å²) < 4.78 is 5.08. The molecule has 2 atom stereocenters. The van der Waals surface area contributed by atoms with Crippen molar-refractivity contribution in [3.63, 3.8) is 0 Å². The first-order valence-electron chi connectivity index (χ1n) is 7.71. The van der Waals surface area contributed by atoms with Gasteiger partial charge in [-0.2, -0.15) is 0 Å². The second kappa shape index (κ2) is 8.60. The minimum atomic E-state index is -0.759. The Kier molecular flexibility index (Phi) is 7.90. The summed E-state index contributed by atoms with van der Waals surface area (Å²) in [5, 5.41) is 2.47. The number of primary amides is 1. The van der Waals surface area contributed by atoms with E-state index >= 15 is 0 Å². The molecule has 1 unspecified atom stereocenters. The largest absolute Gasteiger partial charge is 0.444 e. The Morgan fingerprint density at radius 3 is 2.27 bits per heavy atom. The van der Waals surface area contributed by atoms with E-state index in [1.807, 2.05) is 13.8 Å². The molecule has 1 heterocycles. The molecular weight excluding hydrogens is 286 g/mol. The number of alkyl carbamates (subject to hydrolysis) is 1. The van der Waals surface area contributed by atoms with E-state index in [0.29, 0.717) is 13.0 Å². The minimum absolute atomic E-state index is 0.322. The third kappa shape index (κ3) is 6.32. The van der Waals surface area contributed by atoms with Crippen molar-refractivity contribution in [3.05, 3.63) is 0 Å². The molecule has 1 saturated heterocycles. The van der Waals surface area contributed by atoms with Gasteiger partial charge in [-0.1, -0.05) is 13.8 Å². The number of nitrogens with two attached hydrogens (primary N) is 1. The zero-order chi connectivity index (χ0) is 17.5. The van der Waals surface area contributed by atoms with Gasteiger partial charge in [-0.05, 0) is 40.5 Å². The molecule has 1 fully saturated rings. The molecule has 0 aliphatic carbocycles. The van der Waals surface area contributed by atoms with Gasteiger partial charge in [-0.15, -0.1) is 0 Å². The average molecular weight is 315 g/mol. The zero-order valence-corrected chi connectivity index (χ0v) is 14.4. The van der Waals surface area contributed by atoms with Crippen LogP contribution in [0.2, 0.25) is 0 Å². The van der Waals surface area contributed by atoms with Crippen molar-refractivity contribution in [2.24, 2.45) is 5.73 Å². The molecule has 0 bridgehead atoms. The molecule has 7 nitrogen and oxygen atoms in total. The summed E-state index contributed by atoms with van der Waals surface area (Å²) in [6, 6.07) is -1.34. The SMILES string of the molecule is CC.CC(NC(=O)OC(C)(C)C)C(=O)N1CCC[C@H]1C(N)=O. The molecule has 128 valence electrons. The first-order valence-corrected chi connectivity index (χ1v) is 7.71. The molecule has 0 aromatic rings. The number of carbonyl (C=O) groups is 3. The van der Waals surface area contributed by atoms with E-state index in [1.54, 1.807) is 27.7 Å². The van der Waals surface area contributed by atoms with Crippen LogP contribution in [-0.2, 0) is 14.3 Å². The number of amides is 3. The van der Waals surface area contributed by atoms with Crippen LogP contribution in [0, 0.1) is 0 Å². The minimum Gasteiger partial charge on any atom is -0.444 e. The maximum absolute atomic E-state index is 12.2.